The van der Waals surface area contributed by atoms with E-state index < -0.39 is 0 Å². The molecule has 19 heavy (non-hydrogen) atoms. The lowest BCUT2D eigenvalue weighted by Gasteiger charge is -2.37. The molecule has 0 aromatic heterocycles. The van der Waals surface area contributed by atoms with Crippen LogP contribution in [0.3, 0.4) is 0 Å². The van der Waals surface area contributed by atoms with E-state index in [2.05, 4.69) is 58.1 Å². The first-order valence-corrected chi connectivity index (χ1v) is 7.41. The smallest absolute Gasteiger partial charge is 0.123 e. The van der Waals surface area contributed by atoms with Crippen LogP contribution in [0, 0.1) is 6.92 Å². The lowest BCUT2D eigenvalue weighted by Crippen LogP contribution is -2.46. The average Bonchev–Trinajstić information content (AvgIpc) is 2.24. The fourth-order valence-corrected chi connectivity index (χ4v) is 2.64. The standard InChI is InChI=1S/C17H27NO/c1-6-18-13-10-14(11-13)19-16-9-12(2)7-8-15(16)17(3,4)5/h7-9,13-14,18H,6,10-11H2,1-5H3. The molecular formula is C17H27NO. The van der Waals surface area contributed by atoms with Gasteiger partial charge in [-0.1, -0.05) is 39.8 Å². The molecule has 0 spiro atoms. The van der Waals surface area contributed by atoms with Crippen molar-refractivity contribution in [3.63, 3.8) is 0 Å². The molecule has 0 saturated heterocycles. The molecule has 1 aliphatic carbocycles. The molecule has 1 aliphatic rings. The summed E-state index contributed by atoms with van der Waals surface area (Å²) in [7, 11) is 0. The molecule has 0 aliphatic heterocycles. The van der Waals surface area contributed by atoms with Gasteiger partial charge in [0.1, 0.15) is 11.9 Å². The highest BCUT2D eigenvalue weighted by Gasteiger charge is 2.31. The lowest BCUT2D eigenvalue weighted by molar-refractivity contribution is 0.0840. The molecule has 0 heterocycles. The van der Waals surface area contributed by atoms with Crippen LogP contribution in [0.25, 0.3) is 0 Å². The zero-order valence-electron chi connectivity index (χ0n) is 12.9. The average molecular weight is 261 g/mol. The lowest BCUT2D eigenvalue weighted by atomic mass is 9.85. The Morgan fingerprint density at radius 1 is 1.26 bits per heavy atom. The number of hydrogen-bond donors (Lipinski definition) is 1. The second kappa shape index (κ2) is 5.54. The van der Waals surface area contributed by atoms with Gasteiger partial charge in [0.05, 0.1) is 0 Å². The highest BCUT2D eigenvalue weighted by Crippen LogP contribution is 2.35. The summed E-state index contributed by atoms with van der Waals surface area (Å²) in [6.45, 7) is 12.1. The van der Waals surface area contributed by atoms with E-state index in [0.717, 1.165) is 25.1 Å². The molecule has 1 fully saturated rings. The summed E-state index contributed by atoms with van der Waals surface area (Å²) in [5.74, 6) is 1.08. The van der Waals surface area contributed by atoms with Gasteiger partial charge in [-0.3, -0.25) is 0 Å². The van der Waals surface area contributed by atoms with Gasteiger partial charge in [0.2, 0.25) is 0 Å². The van der Waals surface area contributed by atoms with E-state index >= 15 is 0 Å². The van der Waals surface area contributed by atoms with Crippen molar-refractivity contribution in [1.29, 1.82) is 0 Å². The van der Waals surface area contributed by atoms with Crippen LogP contribution in [-0.4, -0.2) is 18.7 Å². The van der Waals surface area contributed by atoms with Gasteiger partial charge in [-0.05, 0) is 48.9 Å². The maximum atomic E-state index is 6.23. The summed E-state index contributed by atoms with van der Waals surface area (Å²) in [6.07, 6.45) is 2.64. The normalized spacial score (nSPS) is 23.0. The van der Waals surface area contributed by atoms with Gasteiger partial charge in [0, 0.05) is 6.04 Å². The number of benzene rings is 1. The van der Waals surface area contributed by atoms with Gasteiger partial charge in [-0.25, -0.2) is 0 Å². The van der Waals surface area contributed by atoms with E-state index in [4.69, 9.17) is 4.74 Å². The van der Waals surface area contributed by atoms with Crippen molar-refractivity contribution in [2.75, 3.05) is 6.54 Å². The summed E-state index contributed by atoms with van der Waals surface area (Å²) >= 11 is 0. The zero-order chi connectivity index (χ0) is 14.0. The third kappa shape index (κ3) is 3.50. The number of hydrogen-bond acceptors (Lipinski definition) is 2. The molecular weight excluding hydrogens is 234 g/mol. The summed E-state index contributed by atoms with van der Waals surface area (Å²) in [5, 5.41) is 3.47. The van der Waals surface area contributed by atoms with Crippen LogP contribution >= 0.6 is 0 Å². The van der Waals surface area contributed by atoms with Crippen molar-refractivity contribution in [2.45, 2.75) is 65.0 Å². The monoisotopic (exact) mass is 261 g/mol. The second-order valence-corrected chi connectivity index (χ2v) is 6.72. The molecule has 2 nitrogen and oxygen atoms in total. The van der Waals surface area contributed by atoms with Gasteiger partial charge in [0.25, 0.3) is 0 Å². The van der Waals surface area contributed by atoms with Crippen LogP contribution in [0.2, 0.25) is 0 Å². The fraction of sp³-hybridized carbons (Fsp3) is 0.647. The minimum atomic E-state index is 0.133. The Balaban J connectivity index is 2.06. The largest absolute Gasteiger partial charge is 0.490 e. The molecule has 0 radical (unpaired) electrons. The molecule has 0 unspecified atom stereocenters. The molecule has 106 valence electrons. The highest BCUT2D eigenvalue weighted by molar-refractivity contribution is 5.41. The highest BCUT2D eigenvalue weighted by atomic mass is 16.5. The van der Waals surface area contributed by atoms with Crippen LogP contribution in [0.4, 0.5) is 0 Å². The summed E-state index contributed by atoms with van der Waals surface area (Å²) in [4.78, 5) is 0. The van der Waals surface area contributed by atoms with E-state index in [9.17, 15) is 0 Å². The van der Waals surface area contributed by atoms with Gasteiger partial charge < -0.3 is 10.1 Å². The van der Waals surface area contributed by atoms with Crippen LogP contribution in [-0.2, 0) is 5.41 Å². The first kappa shape index (κ1) is 14.4. The van der Waals surface area contributed by atoms with Crippen molar-refractivity contribution in [3.05, 3.63) is 29.3 Å². The fourth-order valence-electron chi connectivity index (χ4n) is 2.64. The number of ether oxygens (including phenoxy) is 1. The van der Waals surface area contributed by atoms with E-state index in [1.165, 1.54) is 11.1 Å². The predicted octanol–water partition coefficient (Wildman–Crippen LogP) is 3.81. The predicted molar refractivity (Wildman–Crippen MR) is 81.0 cm³/mol. The van der Waals surface area contributed by atoms with Gasteiger partial charge in [-0.2, -0.15) is 0 Å². The number of rotatable bonds is 4. The van der Waals surface area contributed by atoms with Crippen molar-refractivity contribution >= 4 is 0 Å². The van der Waals surface area contributed by atoms with Crippen LogP contribution in [0.15, 0.2) is 18.2 Å². The molecule has 0 bridgehead atoms. The zero-order valence-corrected chi connectivity index (χ0v) is 12.9. The van der Waals surface area contributed by atoms with Crippen LogP contribution in [0.5, 0.6) is 5.75 Å². The Kier molecular flexibility index (Phi) is 4.19. The van der Waals surface area contributed by atoms with Crippen LogP contribution in [0.1, 0.15) is 51.7 Å². The van der Waals surface area contributed by atoms with E-state index in [-0.39, 0.29) is 5.41 Å². The van der Waals surface area contributed by atoms with Gasteiger partial charge >= 0.3 is 0 Å². The Bertz CT molecular complexity index is 427. The Hall–Kier alpha value is -1.02. The van der Waals surface area contributed by atoms with E-state index in [1.54, 1.807) is 0 Å². The Labute approximate surface area is 117 Å². The second-order valence-electron chi connectivity index (χ2n) is 6.72. The van der Waals surface area contributed by atoms with Gasteiger partial charge in [-0.15, -0.1) is 0 Å². The van der Waals surface area contributed by atoms with E-state index in [1.807, 2.05) is 0 Å². The van der Waals surface area contributed by atoms with Crippen LogP contribution < -0.4 is 10.1 Å². The van der Waals surface area contributed by atoms with Crippen molar-refractivity contribution in [1.82, 2.24) is 5.32 Å². The minimum absolute atomic E-state index is 0.133. The summed E-state index contributed by atoms with van der Waals surface area (Å²) < 4.78 is 6.23. The molecule has 0 atom stereocenters. The first-order valence-electron chi connectivity index (χ1n) is 7.41. The number of aryl methyl sites for hydroxylation is 1. The Morgan fingerprint density at radius 2 is 1.95 bits per heavy atom. The molecule has 2 heteroatoms. The molecule has 2 rings (SSSR count). The quantitative estimate of drug-likeness (QED) is 0.890. The third-order valence-corrected chi connectivity index (χ3v) is 3.83. The summed E-state index contributed by atoms with van der Waals surface area (Å²) in [5.41, 5.74) is 2.71. The molecule has 1 saturated carbocycles. The van der Waals surface area contributed by atoms with Crippen molar-refractivity contribution in [2.24, 2.45) is 0 Å². The first-order chi connectivity index (χ1) is 8.90. The van der Waals surface area contributed by atoms with Crippen molar-refractivity contribution < 1.29 is 4.74 Å². The molecule has 1 aromatic rings. The van der Waals surface area contributed by atoms with Crippen molar-refractivity contribution in [3.8, 4) is 5.75 Å². The number of nitrogens with one attached hydrogen (secondary N) is 1. The maximum Gasteiger partial charge on any atom is 0.123 e. The van der Waals surface area contributed by atoms with E-state index in [0.29, 0.717) is 12.1 Å². The SMILES string of the molecule is CCNC1CC(Oc2cc(C)ccc2C(C)(C)C)C1. The Morgan fingerprint density at radius 3 is 2.53 bits per heavy atom. The van der Waals surface area contributed by atoms with Gasteiger partial charge in [0.15, 0.2) is 0 Å². The molecule has 1 N–H and O–H groups in total. The maximum absolute atomic E-state index is 6.23. The summed E-state index contributed by atoms with van der Waals surface area (Å²) in [6, 6.07) is 7.22. The third-order valence-electron chi connectivity index (χ3n) is 3.83. The molecule has 0 amide bonds. The minimum Gasteiger partial charge on any atom is -0.490 e. The molecule has 1 aromatic carbocycles. The topological polar surface area (TPSA) is 21.3 Å².